The molecule has 4 heteroatoms. The first-order valence-corrected chi connectivity index (χ1v) is 7.05. The van der Waals surface area contributed by atoms with Crippen LogP contribution in [0, 0.1) is 0 Å². The van der Waals surface area contributed by atoms with Gasteiger partial charge in [-0.25, -0.2) is 4.98 Å². The monoisotopic (exact) mass is 287 g/mol. The van der Waals surface area contributed by atoms with Crippen LogP contribution in [0.15, 0.2) is 48.5 Å². The lowest BCUT2D eigenvalue weighted by Gasteiger charge is -1.98. The van der Waals surface area contributed by atoms with Gasteiger partial charge in [0.1, 0.15) is 0 Å². The van der Waals surface area contributed by atoms with Gasteiger partial charge in [0.05, 0.1) is 10.2 Å². The van der Waals surface area contributed by atoms with Crippen molar-refractivity contribution in [3.63, 3.8) is 0 Å². The molecule has 0 atom stereocenters. The summed E-state index contributed by atoms with van der Waals surface area (Å²) in [5, 5.41) is 1.24. The fraction of sp³-hybridized carbons (Fsp3) is 0.0667. The van der Waals surface area contributed by atoms with Crippen LogP contribution >= 0.6 is 22.9 Å². The number of halogens is 1. The molecule has 1 aromatic heterocycles. The zero-order valence-corrected chi connectivity index (χ0v) is 11.5. The molecule has 0 bridgehead atoms. The predicted octanol–water partition coefficient (Wildman–Crippen LogP) is 4.38. The molecule has 0 aliphatic heterocycles. The van der Waals surface area contributed by atoms with Gasteiger partial charge >= 0.3 is 0 Å². The maximum absolute atomic E-state index is 12.2. The van der Waals surface area contributed by atoms with Gasteiger partial charge in [-0.2, -0.15) is 0 Å². The third-order valence-corrected chi connectivity index (χ3v) is 4.14. The molecule has 0 amide bonds. The third kappa shape index (κ3) is 2.67. The van der Waals surface area contributed by atoms with Gasteiger partial charge in [0, 0.05) is 11.4 Å². The lowest BCUT2D eigenvalue weighted by atomic mass is 10.1. The molecular formula is C15H10ClNOS. The number of Topliss-reactive ketones (excluding diaryl/α,β-unsaturated/α-hetero) is 1. The second kappa shape index (κ2) is 5.11. The number of benzene rings is 2. The number of para-hydroxylation sites is 1. The topological polar surface area (TPSA) is 30.0 Å². The largest absolute Gasteiger partial charge is 0.291 e. The highest BCUT2D eigenvalue weighted by atomic mass is 35.5. The van der Waals surface area contributed by atoms with Gasteiger partial charge in [0.25, 0.3) is 0 Å². The Hall–Kier alpha value is -1.71. The number of rotatable bonds is 3. The van der Waals surface area contributed by atoms with Crippen LogP contribution in [0.25, 0.3) is 10.2 Å². The summed E-state index contributed by atoms with van der Waals surface area (Å²) in [6.07, 6.45) is 0.358. The number of nitrogens with zero attached hydrogens (tertiary/aromatic N) is 1. The van der Waals surface area contributed by atoms with E-state index in [0.717, 1.165) is 15.8 Å². The van der Waals surface area contributed by atoms with E-state index in [1.165, 1.54) is 11.3 Å². The Morgan fingerprint density at radius 1 is 1.11 bits per heavy atom. The number of ketones is 1. The molecule has 0 aliphatic carbocycles. The molecule has 1 heterocycles. The summed E-state index contributed by atoms with van der Waals surface area (Å²) in [4.78, 5) is 16.6. The fourth-order valence-corrected chi connectivity index (χ4v) is 2.88. The lowest BCUT2D eigenvalue weighted by molar-refractivity contribution is 0.0993. The van der Waals surface area contributed by atoms with Crippen molar-refractivity contribution in [2.24, 2.45) is 0 Å². The molecule has 0 saturated heterocycles. The highest BCUT2D eigenvalue weighted by Gasteiger charge is 2.12. The molecule has 3 aromatic rings. The standard InChI is InChI=1S/C15H10ClNOS/c16-11-7-5-10(6-8-11)9-13(18)15-17-12-3-1-2-4-14(12)19-15/h1-8H,9H2. The van der Waals surface area contributed by atoms with E-state index in [1.54, 1.807) is 12.1 Å². The maximum Gasteiger partial charge on any atom is 0.195 e. The van der Waals surface area contributed by atoms with Crippen LogP contribution in [-0.2, 0) is 6.42 Å². The van der Waals surface area contributed by atoms with Crippen molar-refractivity contribution in [2.75, 3.05) is 0 Å². The second-order valence-corrected chi connectivity index (χ2v) is 5.68. The van der Waals surface area contributed by atoms with Gasteiger partial charge in [-0.1, -0.05) is 35.9 Å². The van der Waals surface area contributed by atoms with Crippen LogP contribution in [0.1, 0.15) is 15.4 Å². The summed E-state index contributed by atoms with van der Waals surface area (Å²) in [6, 6.07) is 15.1. The number of carbonyl (C=O) groups excluding carboxylic acids is 1. The normalized spacial score (nSPS) is 10.8. The van der Waals surface area contributed by atoms with Crippen molar-refractivity contribution in [3.05, 3.63) is 64.1 Å². The first-order valence-electron chi connectivity index (χ1n) is 5.85. The Kier molecular flexibility index (Phi) is 3.32. The van der Waals surface area contributed by atoms with Crippen molar-refractivity contribution >= 4 is 38.9 Å². The first kappa shape index (κ1) is 12.3. The average molecular weight is 288 g/mol. The van der Waals surface area contributed by atoms with E-state index < -0.39 is 0 Å². The van der Waals surface area contributed by atoms with Crippen LogP contribution in [0.5, 0.6) is 0 Å². The molecule has 19 heavy (non-hydrogen) atoms. The van der Waals surface area contributed by atoms with Gasteiger partial charge in [-0.15, -0.1) is 11.3 Å². The zero-order valence-electron chi connectivity index (χ0n) is 9.97. The van der Waals surface area contributed by atoms with Gasteiger partial charge < -0.3 is 0 Å². The van der Waals surface area contributed by atoms with Crippen LogP contribution in [0.4, 0.5) is 0 Å². The zero-order chi connectivity index (χ0) is 13.2. The molecule has 0 saturated carbocycles. The fourth-order valence-electron chi connectivity index (χ4n) is 1.85. The predicted molar refractivity (Wildman–Crippen MR) is 79.1 cm³/mol. The van der Waals surface area contributed by atoms with Crippen molar-refractivity contribution in [2.45, 2.75) is 6.42 Å². The van der Waals surface area contributed by atoms with Gasteiger partial charge in [0.2, 0.25) is 0 Å². The molecule has 2 aromatic carbocycles. The van der Waals surface area contributed by atoms with Crippen LogP contribution in [0.2, 0.25) is 5.02 Å². The smallest absolute Gasteiger partial charge is 0.195 e. The Morgan fingerprint density at radius 3 is 2.58 bits per heavy atom. The van der Waals surface area contributed by atoms with E-state index in [1.807, 2.05) is 36.4 Å². The number of carbonyl (C=O) groups is 1. The Balaban J connectivity index is 1.85. The maximum atomic E-state index is 12.2. The SMILES string of the molecule is O=C(Cc1ccc(Cl)cc1)c1nc2ccccc2s1. The second-order valence-electron chi connectivity index (χ2n) is 4.21. The van der Waals surface area contributed by atoms with E-state index in [2.05, 4.69) is 4.98 Å². The number of hydrogen-bond acceptors (Lipinski definition) is 3. The summed E-state index contributed by atoms with van der Waals surface area (Å²) >= 11 is 7.26. The van der Waals surface area contributed by atoms with Crippen molar-refractivity contribution < 1.29 is 4.79 Å². The number of fused-ring (bicyclic) bond motifs is 1. The quantitative estimate of drug-likeness (QED) is 0.669. The molecule has 0 unspecified atom stereocenters. The van der Waals surface area contributed by atoms with E-state index in [4.69, 9.17) is 11.6 Å². The number of aromatic nitrogens is 1. The van der Waals surface area contributed by atoms with E-state index in [9.17, 15) is 4.79 Å². The third-order valence-electron chi connectivity index (χ3n) is 2.81. The Bertz CT molecular complexity index is 700. The minimum atomic E-state index is 0.0449. The van der Waals surface area contributed by atoms with Crippen molar-refractivity contribution in [3.8, 4) is 0 Å². The molecule has 2 nitrogen and oxygen atoms in total. The average Bonchev–Trinajstić information content (AvgIpc) is 2.85. The summed E-state index contributed by atoms with van der Waals surface area (Å²) in [7, 11) is 0. The highest BCUT2D eigenvalue weighted by molar-refractivity contribution is 7.20. The van der Waals surface area contributed by atoms with Crippen LogP contribution in [0.3, 0.4) is 0 Å². The van der Waals surface area contributed by atoms with Crippen molar-refractivity contribution in [1.82, 2.24) is 4.98 Å². The van der Waals surface area contributed by atoms with Crippen LogP contribution < -0.4 is 0 Å². The molecule has 0 aliphatic rings. The summed E-state index contributed by atoms with van der Waals surface area (Å²) in [5.74, 6) is 0.0449. The lowest BCUT2D eigenvalue weighted by Crippen LogP contribution is -2.02. The molecule has 0 radical (unpaired) electrons. The van der Waals surface area contributed by atoms with E-state index >= 15 is 0 Å². The molecule has 94 valence electrons. The molecule has 0 spiro atoms. The van der Waals surface area contributed by atoms with Gasteiger partial charge in [-0.05, 0) is 29.8 Å². The molecule has 0 fully saturated rings. The van der Waals surface area contributed by atoms with Crippen LogP contribution in [-0.4, -0.2) is 10.8 Å². The van der Waals surface area contributed by atoms with Gasteiger partial charge in [-0.3, -0.25) is 4.79 Å². The number of thiazole rings is 1. The minimum Gasteiger partial charge on any atom is -0.291 e. The summed E-state index contributed by atoms with van der Waals surface area (Å²) < 4.78 is 1.04. The molecular weight excluding hydrogens is 278 g/mol. The van der Waals surface area contributed by atoms with Gasteiger partial charge in [0.15, 0.2) is 10.8 Å². The van der Waals surface area contributed by atoms with E-state index in [-0.39, 0.29) is 5.78 Å². The minimum absolute atomic E-state index is 0.0449. The number of hydrogen-bond donors (Lipinski definition) is 0. The van der Waals surface area contributed by atoms with E-state index in [0.29, 0.717) is 16.5 Å². The molecule has 3 rings (SSSR count). The summed E-state index contributed by atoms with van der Waals surface area (Å²) in [5.41, 5.74) is 1.83. The Morgan fingerprint density at radius 2 is 1.84 bits per heavy atom. The highest BCUT2D eigenvalue weighted by Crippen LogP contribution is 2.23. The molecule has 0 N–H and O–H groups in total. The first-order chi connectivity index (χ1) is 9.22. The Labute approximate surface area is 119 Å². The van der Waals surface area contributed by atoms with Crippen molar-refractivity contribution in [1.29, 1.82) is 0 Å². The summed E-state index contributed by atoms with van der Waals surface area (Å²) in [6.45, 7) is 0.